The molecule has 212 valence electrons. The van der Waals surface area contributed by atoms with E-state index in [2.05, 4.69) is 89.9 Å². The van der Waals surface area contributed by atoms with Crippen LogP contribution in [0.15, 0.2) is 58.3 Å². The maximum atomic E-state index is 12.5. The van der Waals surface area contributed by atoms with Crippen LogP contribution >= 0.6 is 0 Å². The molecule has 2 aromatic carbocycles. The van der Waals surface area contributed by atoms with Gasteiger partial charge in [-0.15, -0.1) is 0 Å². The lowest BCUT2D eigenvalue weighted by molar-refractivity contribution is 0.248. The van der Waals surface area contributed by atoms with E-state index in [1.807, 2.05) is 0 Å². The number of aromatic amines is 2. The maximum absolute atomic E-state index is 12.5. The average Bonchev–Trinajstić information content (AvgIpc) is 3.38. The Hall–Kier alpha value is -3.65. The molecule has 3 heterocycles. The van der Waals surface area contributed by atoms with Crippen LogP contribution < -0.4 is 16.1 Å². The van der Waals surface area contributed by atoms with Crippen LogP contribution in [0.2, 0.25) is 0 Å². The molecule has 5 rings (SSSR count). The third-order valence-corrected chi connectivity index (χ3v) is 7.96. The summed E-state index contributed by atoms with van der Waals surface area (Å²) in [5.41, 5.74) is 5.71. The second-order valence-electron chi connectivity index (χ2n) is 12.0. The van der Waals surface area contributed by atoms with E-state index in [0.717, 1.165) is 80.0 Å². The maximum Gasteiger partial charge on any atom is 0.328 e. The number of benzene rings is 2. The third-order valence-electron chi connectivity index (χ3n) is 7.96. The van der Waals surface area contributed by atoms with Crippen molar-refractivity contribution in [3.05, 3.63) is 80.6 Å². The highest BCUT2D eigenvalue weighted by molar-refractivity contribution is 5.91. The molecule has 2 N–H and O–H groups in total. The van der Waals surface area contributed by atoms with Gasteiger partial charge in [0, 0.05) is 56.6 Å². The molecule has 2 aromatic heterocycles. The van der Waals surface area contributed by atoms with E-state index < -0.39 is 0 Å². The van der Waals surface area contributed by atoms with Crippen LogP contribution in [0.25, 0.3) is 22.4 Å². The summed E-state index contributed by atoms with van der Waals surface area (Å²) in [6.45, 7) is 13.4. The minimum Gasteiger partial charge on any atom is -0.367 e. The number of nitrogens with zero attached hydrogens (tertiary/aromatic N) is 4. The summed E-state index contributed by atoms with van der Waals surface area (Å²) in [4.78, 5) is 40.5. The molecule has 0 unspecified atom stereocenters. The molecule has 0 amide bonds. The number of piperazine rings is 1. The smallest absolute Gasteiger partial charge is 0.328 e. The largest absolute Gasteiger partial charge is 0.367 e. The van der Waals surface area contributed by atoms with Crippen LogP contribution in [0.1, 0.15) is 64.5 Å². The molecule has 0 atom stereocenters. The highest BCUT2D eigenvalue weighted by Crippen LogP contribution is 2.30. The van der Waals surface area contributed by atoms with Crippen molar-refractivity contribution in [2.45, 2.75) is 71.9 Å². The molecule has 1 aliphatic heterocycles. The number of para-hydroxylation sites is 1. The number of anilines is 1. The second-order valence-corrected chi connectivity index (χ2v) is 12.0. The van der Waals surface area contributed by atoms with Crippen molar-refractivity contribution in [2.75, 3.05) is 31.1 Å². The molecule has 40 heavy (non-hydrogen) atoms. The van der Waals surface area contributed by atoms with Gasteiger partial charge in [0.25, 0.3) is 5.56 Å². The van der Waals surface area contributed by atoms with Crippen molar-refractivity contribution >= 4 is 16.7 Å². The zero-order valence-electron chi connectivity index (χ0n) is 24.3. The number of H-pyrrole nitrogens is 2. The summed E-state index contributed by atoms with van der Waals surface area (Å²) in [6, 6.07) is 15.0. The Morgan fingerprint density at radius 1 is 0.900 bits per heavy atom. The average molecular weight is 543 g/mol. The second kappa shape index (κ2) is 11.8. The molecule has 0 spiro atoms. The van der Waals surface area contributed by atoms with Crippen LogP contribution in [-0.2, 0) is 18.5 Å². The first kappa shape index (κ1) is 27.9. The van der Waals surface area contributed by atoms with Gasteiger partial charge in [-0.3, -0.25) is 14.7 Å². The molecule has 1 saturated heterocycles. The number of aromatic nitrogens is 4. The molecule has 8 nitrogen and oxygen atoms in total. The zero-order valence-corrected chi connectivity index (χ0v) is 24.3. The molecule has 1 aliphatic rings. The van der Waals surface area contributed by atoms with Gasteiger partial charge < -0.3 is 14.5 Å². The third kappa shape index (κ3) is 6.22. The first-order valence-electron chi connectivity index (χ1n) is 14.6. The number of aryl methyl sites for hydroxylation is 1. The Labute approximate surface area is 236 Å². The summed E-state index contributed by atoms with van der Waals surface area (Å²) < 4.78 is 1.66. The molecule has 0 saturated carbocycles. The standard InChI is InChI=1S/C32H42N6O2/c1-5-6-7-8-16-38-22-24(30(39)35-31(38)40)21-36-17-19-37(20-18-36)27-11-9-10-26-28(27)34-29(33-26)23-12-14-25(15-13-23)32(2,3)4/h9-15,22H,5-8,16-21H2,1-4H3,(H,33,34)(H,35,39,40). The van der Waals surface area contributed by atoms with Gasteiger partial charge in [-0.1, -0.05) is 77.3 Å². The van der Waals surface area contributed by atoms with Crippen LogP contribution in [0.4, 0.5) is 5.69 Å². The predicted octanol–water partition coefficient (Wildman–Crippen LogP) is 5.28. The summed E-state index contributed by atoms with van der Waals surface area (Å²) in [6.07, 6.45) is 6.11. The highest BCUT2D eigenvalue weighted by Gasteiger charge is 2.22. The van der Waals surface area contributed by atoms with Gasteiger partial charge in [0.05, 0.1) is 11.2 Å². The number of hydrogen-bond acceptors (Lipinski definition) is 5. The van der Waals surface area contributed by atoms with Crippen molar-refractivity contribution < 1.29 is 0 Å². The minimum atomic E-state index is -0.313. The van der Waals surface area contributed by atoms with Crippen molar-refractivity contribution in [3.8, 4) is 11.4 Å². The number of hydrogen-bond donors (Lipinski definition) is 2. The summed E-state index contributed by atoms with van der Waals surface area (Å²) in [5, 5.41) is 0. The topological polar surface area (TPSA) is 90.0 Å². The molecular formula is C32H42N6O2. The monoisotopic (exact) mass is 542 g/mol. The number of imidazole rings is 1. The van der Waals surface area contributed by atoms with Crippen LogP contribution in [-0.4, -0.2) is 50.6 Å². The summed E-state index contributed by atoms with van der Waals surface area (Å²) in [7, 11) is 0. The van der Waals surface area contributed by atoms with Crippen LogP contribution in [0.5, 0.6) is 0 Å². The van der Waals surface area contributed by atoms with Gasteiger partial charge in [0.15, 0.2) is 0 Å². The van der Waals surface area contributed by atoms with Gasteiger partial charge in [-0.25, -0.2) is 9.78 Å². The summed E-state index contributed by atoms with van der Waals surface area (Å²) >= 11 is 0. The van der Waals surface area contributed by atoms with E-state index >= 15 is 0 Å². The molecular weight excluding hydrogens is 500 g/mol. The number of rotatable bonds is 9. The fraction of sp³-hybridized carbons (Fsp3) is 0.469. The Morgan fingerprint density at radius 3 is 2.35 bits per heavy atom. The molecule has 8 heteroatoms. The molecule has 4 aromatic rings. The number of fused-ring (bicyclic) bond motifs is 1. The zero-order chi connectivity index (χ0) is 28.3. The lowest BCUT2D eigenvalue weighted by Crippen LogP contribution is -2.47. The van der Waals surface area contributed by atoms with Gasteiger partial charge in [0.2, 0.25) is 0 Å². The molecule has 0 bridgehead atoms. The van der Waals surface area contributed by atoms with Crippen molar-refractivity contribution in [1.29, 1.82) is 0 Å². The van der Waals surface area contributed by atoms with E-state index in [1.54, 1.807) is 10.8 Å². The van der Waals surface area contributed by atoms with Crippen molar-refractivity contribution in [1.82, 2.24) is 24.4 Å². The molecule has 0 aliphatic carbocycles. The Morgan fingerprint density at radius 2 is 1.65 bits per heavy atom. The van der Waals surface area contributed by atoms with Crippen molar-refractivity contribution in [2.24, 2.45) is 0 Å². The fourth-order valence-electron chi connectivity index (χ4n) is 5.47. The first-order valence-corrected chi connectivity index (χ1v) is 14.6. The van der Waals surface area contributed by atoms with E-state index in [0.29, 0.717) is 18.7 Å². The van der Waals surface area contributed by atoms with Crippen LogP contribution in [0.3, 0.4) is 0 Å². The van der Waals surface area contributed by atoms with Gasteiger partial charge in [0.1, 0.15) is 11.3 Å². The summed E-state index contributed by atoms with van der Waals surface area (Å²) in [5.74, 6) is 0.880. The van der Waals surface area contributed by atoms with E-state index in [4.69, 9.17) is 4.98 Å². The lowest BCUT2D eigenvalue weighted by atomic mass is 9.87. The minimum absolute atomic E-state index is 0.115. The van der Waals surface area contributed by atoms with E-state index in [-0.39, 0.29) is 16.7 Å². The van der Waals surface area contributed by atoms with Gasteiger partial charge >= 0.3 is 5.69 Å². The first-order chi connectivity index (χ1) is 19.2. The SMILES string of the molecule is CCCCCCn1cc(CN2CCN(c3cccc4[nH]c(-c5ccc(C(C)(C)C)cc5)nc34)CC2)c(=O)[nH]c1=O. The Kier molecular flexibility index (Phi) is 8.26. The van der Waals surface area contributed by atoms with Crippen LogP contribution in [0, 0.1) is 0 Å². The van der Waals surface area contributed by atoms with Crippen molar-refractivity contribution in [3.63, 3.8) is 0 Å². The number of nitrogens with one attached hydrogen (secondary N) is 2. The van der Waals surface area contributed by atoms with E-state index in [9.17, 15) is 9.59 Å². The highest BCUT2D eigenvalue weighted by atomic mass is 16.2. The van der Waals surface area contributed by atoms with E-state index in [1.165, 1.54) is 5.56 Å². The fourth-order valence-corrected chi connectivity index (χ4v) is 5.47. The van der Waals surface area contributed by atoms with Gasteiger partial charge in [-0.2, -0.15) is 0 Å². The Balaban J connectivity index is 1.26. The predicted molar refractivity (Wildman–Crippen MR) is 163 cm³/mol. The molecule has 0 radical (unpaired) electrons. The quantitative estimate of drug-likeness (QED) is 0.281. The number of unbranched alkanes of at least 4 members (excludes halogenated alkanes) is 3. The normalized spacial score (nSPS) is 14.8. The Bertz CT molecular complexity index is 1550. The lowest BCUT2D eigenvalue weighted by Gasteiger charge is -2.36. The molecule has 1 fully saturated rings. The van der Waals surface area contributed by atoms with Gasteiger partial charge in [-0.05, 0) is 29.5 Å².